The van der Waals surface area contributed by atoms with Crippen LogP contribution in [0.4, 0.5) is 0 Å². The van der Waals surface area contributed by atoms with Crippen molar-refractivity contribution in [1.82, 2.24) is 10.2 Å². The van der Waals surface area contributed by atoms with Crippen LogP contribution in [-0.2, 0) is 29.0 Å². The molecular weight excluding hydrogens is 504 g/mol. The van der Waals surface area contributed by atoms with E-state index in [-0.39, 0.29) is 17.9 Å². The van der Waals surface area contributed by atoms with Crippen molar-refractivity contribution >= 4 is 23.4 Å². The van der Waals surface area contributed by atoms with Crippen molar-refractivity contribution in [2.45, 2.75) is 89.8 Å². The van der Waals surface area contributed by atoms with Gasteiger partial charge in [-0.15, -0.1) is 0 Å². The van der Waals surface area contributed by atoms with Crippen LogP contribution < -0.4 is 5.32 Å². The maximum atomic E-state index is 13.9. The van der Waals surface area contributed by atoms with E-state index in [0.29, 0.717) is 36.7 Å². The largest absolute Gasteiger partial charge is 0.352 e. The van der Waals surface area contributed by atoms with Crippen LogP contribution in [0.3, 0.4) is 0 Å². The molecule has 0 bridgehead atoms. The van der Waals surface area contributed by atoms with Crippen molar-refractivity contribution in [3.05, 3.63) is 106 Å². The van der Waals surface area contributed by atoms with Crippen LogP contribution >= 0.6 is 11.6 Å². The molecule has 0 saturated heterocycles. The highest BCUT2D eigenvalue weighted by atomic mass is 35.5. The first kappa shape index (κ1) is 28.9. The zero-order valence-electron chi connectivity index (χ0n) is 23.2. The molecule has 1 unspecified atom stereocenters. The molecule has 3 aromatic rings. The molecule has 0 aliphatic heterocycles. The summed E-state index contributed by atoms with van der Waals surface area (Å²) in [7, 11) is 0. The molecule has 4 nitrogen and oxygen atoms in total. The minimum Gasteiger partial charge on any atom is -0.352 e. The second-order valence-electron chi connectivity index (χ2n) is 11.1. The fourth-order valence-corrected chi connectivity index (χ4v) is 5.47. The van der Waals surface area contributed by atoms with E-state index in [0.717, 1.165) is 42.4 Å². The molecule has 1 fully saturated rings. The van der Waals surface area contributed by atoms with Crippen molar-refractivity contribution in [2.24, 2.45) is 0 Å². The zero-order chi connectivity index (χ0) is 27.6. The van der Waals surface area contributed by atoms with E-state index in [4.69, 9.17) is 11.6 Å². The van der Waals surface area contributed by atoms with E-state index in [1.165, 1.54) is 12.0 Å². The molecule has 1 atom stereocenters. The third-order valence-electron chi connectivity index (χ3n) is 7.76. The molecule has 0 heterocycles. The Morgan fingerprint density at radius 2 is 1.49 bits per heavy atom. The highest BCUT2D eigenvalue weighted by Gasteiger charge is 2.31. The lowest BCUT2D eigenvalue weighted by molar-refractivity contribution is -0.141. The second-order valence-corrected chi connectivity index (χ2v) is 11.5. The zero-order valence-corrected chi connectivity index (χ0v) is 24.0. The molecule has 1 aliphatic rings. The highest BCUT2D eigenvalue weighted by molar-refractivity contribution is 6.30. The number of nitrogens with zero attached hydrogens (tertiary/aromatic N) is 1. The normalized spacial score (nSPS) is 14.7. The van der Waals surface area contributed by atoms with E-state index >= 15 is 0 Å². The maximum Gasteiger partial charge on any atom is 0.243 e. The van der Waals surface area contributed by atoms with Gasteiger partial charge in [0.25, 0.3) is 0 Å². The summed E-state index contributed by atoms with van der Waals surface area (Å²) in [6, 6.07) is 25.6. The smallest absolute Gasteiger partial charge is 0.243 e. The molecule has 0 spiro atoms. The van der Waals surface area contributed by atoms with Gasteiger partial charge in [0.1, 0.15) is 6.04 Å². The van der Waals surface area contributed by atoms with E-state index in [9.17, 15) is 9.59 Å². The van der Waals surface area contributed by atoms with Gasteiger partial charge in [-0.05, 0) is 59.6 Å². The molecule has 1 saturated carbocycles. The Hall–Kier alpha value is -3.11. The standard InChI is InChI=1S/C34H41ClN2O2/c1-25(2)29-18-13-26(14-19-29)17-22-33(38)37(24-28-15-20-30(35)21-16-28)32(23-27-9-5-3-6-10-27)34(39)36-31-11-7-4-8-12-31/h3,5-6,9-10,13-16,18-21,25,31-32H,4,7-8,11-12,17,22-24H2,1-2H3,(H,36,39). The Labute approximate surface area is 238 Å². The molecule has 39 heavy (non-hydrogen) atoms. The number of hydrogen-bond donors (Lipinski definition) is 1. The van der Waals surface area contributed by atoms with Gasteiger partial charge in [0.2, 0.25) is 11.8 Å². The van der Waals surface area contributed by atoms with E-state index in [1.807, 2.05) is 54.6 Å². The maximum absolute atomic E-state index is 13.9. The molecule has 0 radical (unpaired) electrons. The third-order valence-corrected chi connectivity index (χ3v) is 8.01. The van der Waals surface area contributed by atoms with Gasteiger partial charge in [0.15, 0.2) is 0 Å². The number of nitrogens with one attached hydrogen (secondary N) is 1. The number of carbonyl (C=O) groups excluding carboxylic acids is 2. The van der Waals surface area contributed by atoms with Crippen molar-refractivity contribution in [3.63, 3.8) is 0 Å². The van der Waals surface area contributed by atoms with Crippen LogP contribution in [0.2, 0.25) is 5.02 Å². The summed E-state index contributed by atoms with van der Waals surface area (Å²) in [6.45, 7) is 4.72. The summed E-state index contributed by atoms with van der Waals surface area (Å²) in [5.41, 5.74) is 4.42. The van der Waals surface area contributed by atoms with Crippen LogP contribution in [-0.4, -0.2) is 28.8 Å². The minimum absolute atomic E-state index is 0.0161. The predicted molar refractivity (Wildman–Crippen MR) is 160 cm³/mol. The first-order valence-corrected chi connectivity index (χ1v) is 14.7. The molecule has 2 amide bonds. The van der Waals surface area contributed by atoms with Gasteiger partial charge in [-0.2, -0.15) is 0 Å². The van der Waals surface area contributed by atoms with Crippen LogP contribution in [0.1, 0.15) is 80.5 Å². The third kappa shape index (κ3) is 8.69. The number of hydrogen-bond acceptors (Lipinski definition) is 2. The second kappa shape index (κ2) is 14.3. The molecule has 4 rings (SSSR count). The average Bonchev–Trinajstić information content (AvgIpc) is 2.96. The predicted octanol–water partition coefficient (Wildman–Crippen LogP) is 7.49. The lowest BCUT2D eigenvalue weighted by atomic mass is 9.94. The Morgan fingerprint density at radius 3 is 2.13 bits per heavy atom. The first-order chi connectivity index (χ1) is 18.9. The molecule has 3 aromatic carbocycles. The number of amides is 2. The summed E-state index contributed by atoms with van der Waals surface area (Å²) in [4.78, 5) is 29.6. The molecule has 1 aliphatic carbocycles. The fraction of sp³-hybridized carbons (Fsp3) is 0.412. The topological polar surface area (TPSA) is 49.4 Å². The Kier molecular flexibility index (Phi) is 10.6. The highest BCUT2D eigenvalue weighted by Crippen LogP contribution is 2.22. The lowest BCUT2D eigenvalue weighted by Gasteiger charge is -2.33. The van der Waals surface area contributed by atoms with Gasteiger partial charge in [-0.1, -0.05) is 111 Å². The quantitative estimate of drug-likeness (QED) is 0.272. The van der Waals surface area contributed by atoms with Gasteiger partial charge in [-0.3, -0.25) is 9.59 Å². The van der Waals surface area contributed by atoms with Gasteiger partial charge >= 0.3 is 0 Å². The minimum atomic E-state index is -0.596. The fourth-order valence-electron chi connectivity index (χ4n) is 5.35. The summed E-state index contributed by atoms with van der Waals surface area (Å²) in [5, 5.41) is 3.96. The van der Waals surface area contributed by atoms with Crippen LogP contribution in [0, 0.1) is 0 Å². The summed E-state index contributed by atoms with van der Waals surface area (Å²) in [5.74, 6) is 0.393. The number of rotatable bonds is 11. The number of halogens is 1. The lowest BCUT2D eigenvalue weighted by Crippen LogP contribution is -2.52. The number of aryl methyl sites for hydroxylation is 1. The van der Waals surface area contributed by atoms with Gasteiger partial charge in [-0.25, -0.2) is 0 Å². The van der Waals surface area contributed by atoms with E-state index in [1.54, 1.807) is 4.90 Å². The number of benzene rings is 3. The first-order valence-electron chi connectivity index (χ1n) is 14.4. The van der Waals surface area contributed by atoms with Crippen molar-refractivity contribution < 1.29 is 9.59 Å². The molecule has 1 N–H and O–H groups in total. The SMILES string of the molecule is CC(C)c1ccc(CCC(=O)N(Cc2ccc(Cl)cc2)C(Cc2ccccc2)C(=O)NC2CCCCC2)cc1. The van der Waals surface area contributed by atoms with E-state index < -0.39 is 6.04 Å². The summed E-state index contributed by atoms with van der Waals surface area (Å²) in [6.07, 6.45) is 6.95. The summed E-state index contributed by atoms with van der Waals surface area (Å²) >= 11 is 6.14. The molecular formula is C34H41ClN2O2. The average molecular weight is 545 g/mol. The number of carbonyl (C=O) groups is 2. The van der Waals surface area contributed by atoms with Crippen molar-refractivity contribution in [3.8, 4) is 0 Å². The Bertz CT molecular complexity index is 1190. The molecule has 206 valence electrons. The van der Waals surface area contributed by atoms with Crippen LogP contribution in [0.25, 0.3) is 0 Å². The van der Waals surface area contributed by atoms with Gasteiger partial charge in [0, 0.05) is 30.5 Å². The summed E-state index contributed by atoms with van der Waals surface area (Å²) < 4.78 is 0. The Balaban J connectivity index is 1.58. The van der Waals surface area contributed by atoms with Crippen LogP contribution in [0.5, 0.6) is 0 Å². The van der Waals surface area contributed by atoms with Gasteiger partial charge in [0.05, 0.1) is 0 Å². The van der Waals surface area contributed by atoms with Crippen molar-refractivity contribution in [2.75, 3.05) is 0 Å². The Morgan fingerprint density at radius 1 is 0.846 bits per heavy atom. The van der Waals surface area contributed by atoms with Crippen molar-refractivity contribution in [1.29, 1.82) is 0 Å². The van der Waals surface area contributed by atoms with E-state index in [2.05, 4.69) is 43.4 Å². The molecule has 5 heteroatoms. The monoisotopic (exact) mass is 544 g/mol. The van der Waals surface area contributed by atoms with Gasteiger partial charge < -0.3 is 10.2 Å². The van der Waals surface area contributed by atoms with Crippen LogP contribution in [0.15, 0.2) is 78.9 Å². The molecule has 0 aromatic heterocycles.